The molecule has 0 bridgehead atoms. The van der Waals surface area contributed by atoms with Crippen LogP contribution in [0.2, 0.25) is 10.0 Å². The number of thiazole rings is 1. The molecule has 0 aliphatic heterocycles. The van der Waals surface area contributed by atoms with Gasteiger partial charge in [-0.2, -0.15) is 0 Å². The number of hydrogen-bond acceptors (Lipinski definition) is 3. The highest BCUT2D eigenvalue weighted by atomic mass is 35.5. The molecule has 2 aromatic carbocycles. The third-order valence-electron chi connectivity index (χ3n) is 2.79. The van der Waals surface area contributed by atoms with Crippen LogP contribution in [0.1, 0.15) is 10.4 Å². The van der Waals surface area contributed by atoms with Crippen molar-refractivity contribution in [2.75, 3.05) is 5.32 Å². The lowest BCUT2D eigenvalue weighted by atomic mass is 10.2. The largest absolute Gasteiger partial charge is 0.298 e. The lowest BCUT2D eigenvalue weighted by molar-refractivity contribution is 0.102. The second-order valence-electron chi connectivity index (χ2n) is 4.16. The lowest BCUT2D eigenvalue weighted by Crippen LogP contribution is -2.13. The van der Waals surface area contributed by atoms with Gasteiger partial charge in [0, 0.05) is 0 Å². The average molecular weight is 341 g/mol. The molecule has 0 spiro atoms. The maximum Gasteiger partial charge on any atom is 0.260 e. The zero-order chi connectivity index (χ0) is 15.0. The molecule has 0 fully saturated rings. The zero-order valence-electron chi connectivity index (χ0n) is 10.4. The Hall–Kier alpha value is -1.69. The molecule has 0 saturated heterocycles. The smallest absolute Gasteiger partial charge is 0.260 e. The Bertz CT molecular complexity index is 850. The van der Waals surface area contributed by atoms with E-state index < -0.39 is 11.7 Å². The molecule has 3 aromatic rings. The highest BCUT2D eigenvalue weighted by Crippen LogP contribution is 2.35. The number of aromatic nitrogens is 1. The number of amides is 1. The monoisotopic (exact) mass is 340 g/mol. The SMILES string of the molecule is O=C(Nc1nc2c(Cl)c(Cl)ccc2s1)c1ccccc1F. The van der Waals surface area contributed by atoms with Crippen molar-refractivity contribution in [1.82, 2.24) is 4.98 Å². The second-order valence-corrected chi connectivity index (χ2v) is 5.98. The summed E-state index contributed by atoms with van der Waals surface area (Å²) in [5.41, 5.74) is 0.471. The summed E-state index contributed by atoms with van der Waals surface area (Å²) in [6, 6.07) is 9.16. The Kier molecular flexibility index (Phi) is 3.80. The maximum absolute atomic E-state index is 13.5. The molecular formula is C14H7Cl2FN2OS. The summed E-state index contributed by atoms with van der Waals surface area (Å²) in [5.74, 6) is -1.15. The quantitative estimate of drug-likeness (QED) is 0.713. The van der Waals surface area contributed by atoms with E-state index in [9.17, 15) is 9.18 Å². The number of benzene rings is 2. The number of rotatable bonds is 2. The Balaban J connectivity index is 1.94. The van der Waals surface area contributed by atoms with E-state index in [0.717, 1.165) is 4.70 Å². The Morgan fingerprint density at radius 2 is 1.95 bits per heavy atom. The average Bonchev–Trinajstić information content (AvgIpc) is 2.87. The van der Waals surface area contributed by atoms with E-state index in [1.807, 2.05) is 0 Å². The van der Waals surface area contributed by atoms with E-state index in [-0.39, 0.29) is 5.56 Å². The van der Waals surface area contributed by atoms with Gasteiger partial charge in [0.2, 0.25) is 0 Å². The summed E-state index contributed by atoms with van der Waals surface area (Å²) in [6.45, 7) is 0. The number of hydrogen-bond donors (Lipinski definition) is 1. The van der Waals surface area contributed by atoms with Crippen molar-refractivity contribution in [3.63, 3.8) is 0 Å². The third kappa shape index (κ3) is 2.72. The normalized spacial score (nSPS) is 10.8. The van der Waals surface area contributed by atoms with Gasteiger partial charge in [-0.3, -0.25) is 10.1 Å². The van der Waals surface area contributed by atoms with Crippen LogP contribution >= 0.6 is 34.5 Å². The fraction of sp³-hybridized carbons (Fsp3) is 0. The number of halogens is 3. The summed E-state index contributed by atoms with van der Waals surface area (Å²) in [5, 5.41) is 3.62. The van der Waals surface area contributed by atoms with Gasteiger partial charge in [-0.15, -0.1) is 0 Å². The molecule has 7 heteroatoms. The predicted octanol–water partition coefficient (Wildman–Crippen LogP) is 4.99. The van der Waals surface area contributed by atoms with Crippen LogP contribution < -0.4 is 5.32 Å². The number of nitrogens with one attached hydrogen (secondary N) is 1. The molecule has 3 nitrogen and oxygen atoms in total. The van der Waals surface area contributed by atoms with Crippen LogP contribution in [-0.2, 0) is 0 Å². The van der Waals surface area contributed by atoms with Crippen LogP contribution in [0, 0.1) is 5.82 Å². The topological polar surface area (TPSA) is 42.0 Å². The molecule has 0 saturated carbocycles. The van der Waals surface area contributed by atoms with E-state index in [1.165, 1.54) is 29.5 Å². The minimum absolute atomic E-state index is 0.0408. The van der Waals surface area contributed by atoms with Crippen molar-refractivity contribution in [1.29, 1.82) is 0 Å². The van der Waals surface area contributed by atoms with E-state index >= 15 is 0 Å². The molecule has 21 heavy (non-hydrogen) atoms. The van der Waals surface area contributed by atoms with E-state index in [2.05, 4.69) is 10.3 Å². The van der Waals surface area contributed by atoms with Gasteiger partial charge < -0.3 is 0 Å². The molecule has 1 amide bonds. The van der Waals surface area contributed by atoms with Crippen molar-refractivity contribution in [2.24, 2.45) is 0 Å². The molecule has 0 atom stereocenters. The zero-order valence-corrected chi connectivity index (χ0v) is 12.7. The molecule has 0 aliphatic rings. The summed E-state index contributed by atoms with van der Waals surface area (Å²) in [4.78, 5) is 16.2. The standard InChI is InChI=1S/C14H7Cl2FN2OS/c15-8-5-6-10-12(11(8)16)18-14(21-10)19-13(20)7-3-1-2-4-9(7)17/h1-6H,(H,18,19,20). The first-order chi connectivity index (χ1) is 10.1. The van der Waals surface area contributed by atoms with Crippen molar-refractivity contribution in [2.45, 2.75) is 0 Å². The van der Waals surface area contributed by atoms with Gasteiger partial charge in [0.05, 0.1) is 20.3 Å². The minimum Gasteiger partial charge on any atom is -0.298 e. The molecule has 1 heterocycles. The van der Waals surface area contributed by atoms with Crippen molar-refractivity contribution in [3.05, 3.63) is 57.8 Å². The van der Waals surface area contributed by atoms with Gasteiger partial charge in [-0.1, -0.05) is 46.7 Å². The fourth-order valence-electron chi connectivity index (χ4n) is 1.80. The first kappa shape index (κ1) is 14.3. The highest BCUT2D eigenvalue weighted by Gasteiger charge is 2.15. The second kappa shape index (κ2) is 5.60. The van der Waals surface area contributed by atoms with Gasteiger partial charge in [0.25, 0.3) is 5.91 Å². The third-order valence-corrected chi connectivity index (χ3v) is 4.52. The van der Waals surface area contributed by atoms with Gasteiger partial charge >= 0.3 is 0 Å². The molecule has 1 N–H and O–H groups in total. The predicted molar refractivity (Wildman–Crippen MR) is 84.0 cm³/mol. The fourth-order valence-corrected chi connectivity index (χ4v) is 3.09. The van der Waals surface area contributed by atoms with Gasteiger partial charge in [0.1, 0.15) is 11.3 Å². The van der Waals surface area contributed by atoms with Gasteiger partial charge in [-0.05, 0) is 24.3 Å². The molecule has 0 radical (unpaired) electrons. The highest BCUT2D eigenvalue weighted by molar-refractivity contribution is 7.22. The van der Waals surface area contributed by atoms with Crippen molar-refractivity contribution >= 4 is 55.8 Å². The molecule has 0 aliphatic carbocycles. The van der Waals surface area contributed by atoms with Crippen LogP contribution in [-0.4, -0.2) is 10.9 Å². The van der Waals surface area contributed by atoms with Crippen LogP contribution in [0.25, 0.3) is 10.2 Å². The Labute approximate surface area is 133 Å². The summed E-state index contributed by atoms with van der Waals surface area (Å²) in [6.07, 6.45) is 0. The molecule has 106 valence electrons. The number of anilines is 1. The van der Waals surface area contributed by atoms with E-state index in [4.69, 9.17) is 23.2 Å². The van der Waals surface area contributed by atoms with E-state index in [0.29, 0.717) is 20.7 Å². The number of nitrogens with zero attached hydrogens (tertiary/aromatic N) is 1. The molecule has 3 rings (SSSR count). The van der Waals surface area contributed by atoms with Crippen LogP contribution in [0.15, 0.2) is 36.4 Å². The lowest BCUT2D eigenvalue weighted by Gasteiger charge is -2.02. The number of carbonyl (C=O) groups excluding carboxylic acids is 1. The van der Waals surface area contributed by atoms with Crippen LogP contribution in [0.5, 0.6) is 0 Å². The van der Waals surface area contributed by atoms with Crippen LogP contribution in [0.4, 0.5) is 9.52 Å². The Morgan fingerprint density at radius 1 is 1.19 bits per heavy atom. The molecule has 0 unspecified atom stereocenters. The molecule has 1 aromatic heterocycles. The Morgan fingerprint density at radius 3 is 2.71 bits per heavy atom. The number of fused-ring (bicyclic) bond motifs is 1. The van der Waals surface area contributed by atoms with Crippen molar-refractivity contribution < 1.29 is 9.18 Å². The summed E-state index contributed by atoms with van der Waals surface area (Å²) >= 11 is 13.2. The van der Waals surface area contributed by atoms with Crippen LogP contribution in [0.3, 0.4) is 0 Å². The van der Waals surface area contributed by atoms with E-state index in [1.54, 1.807) is 18.2 Å². The summed E-state index contributed by atoms with van der Waals surface area (Å²) < 4.78 is 14.3. The van der Waals surface area contributed by atoms with Gasteiger partial charge in [-0.25, -0.2) is 9.37 Å². The van der Waals surface area contributed by atoms with Gasteiger partial charge in [0.15, 0.2) is 5.13 Å². The maximum atomic E-state index is 13.5. The van der Waals surface area contributed by atoms with Crippen molar-refractivity contribution in [3.8, 4) is 0 Å². The minimum atomic E-state index is -0.586. The summed E-state index contributed by atoms with van der Waals surface area (Å²) in [7, 11) is 0. The number of carbonyl (C=O) groups is 1. The first-order valence-corrected chi connectivity index (χ1v) is 7.44. The first-order valence-electron chi connectivity index (χ1n) is 5.86. The molecular weight excluding hydrogens is 334 g/mol.